The van der Waals surface area contributed by atoms with Gasteiger partial charge in [-0.2, -0.15) is 0 Å². The highest BCUT2D eigenvalue weighted by molar-refractivity contribution is 6.05. The summed E-state index contributed by atoms with van der Waals surface area (Å²) in [6, 6.07) is 15.6. The van der Waals surface area contributed by atoms with E-state index in [1.807, 2.05) is 24.3 Å². The molecule has 122 valence electrons. The minimum Gasteiger partial charge on any atom is -0.479 e. The number of para-hydroxylation sites is 2. The predicted molar refractivity (Wildman–Crippen MR) is 88.6 cm³/mol. The molecule has 0 unspecified atom stereocenters. The molecule has 0 spiro atoms. The molecule has 0 saturated heterocycles. The van der Waals surface area contributed by atoms with Gasteiger partial charge in [-0.15, -0.1) is 0 Å². The van der Waals surface area contributed by atoms with Crippen molar-refractivity contribution in [1.82, 2.24) is 4.98 Å². The van der Waals surface area contributed by atoms with Gasteiger partial charge in [0.05, 0.1) is 0 Å². The number of carboxylic acid groups (broad SMARTS) is 1. The molecule has 1 heterocycles. The molecular formula is C18H16N2O4. The Kier molecular flexibility index (Phi) is 4.05. The van der Waals surface area contributed by atoms with Gasteiger partial charge in [0.15, 0.2) is 0 Å². The smallest absolute Gasteiger partial charge is 0.343 e. The number of carbonyl (C=O) groups is 2. The Labute approximate surface area is 137 Å². The summed E-state index contributed by atoms with van der Waals surface area (Å²) in [6.45, 7) is 0. The third-order valence-corrected chi connectivity index (χ3v) is 3.84. The Balaban J connectivity index is 1.90. The molecule has 0 saturated carbocycles. The number of benzene rings is 2. The quantitative estimate of drug-likeness (QED) is 0.379. The molecule has 3 aromatic rings. The number of esters is 1. The van der Waals surface area contributed by atoms with Gasteiger partial charge < -0.3 is 20.6 Å². The number of H-pyrrole nitrogens is 1. The highest BCUT2D eigenvalue weighted by atomic mass is 16.5. The summed E-state index contributed by atoms with van der Waals surface area (Å²) in [7, 11) is 0. The molecule has 1 aromatic heterocycles. The minimum absolute atomic E-state index is 0.183. The molecule has 0 aliphatic rings. The molecular weight excluding hydrogens is 308 g/mol. The Bertz CT molecular complexity index is 888. The van der Waals surface area contributed by atoms with Crippen LogP contribution in [0.2, 0.25) is 0 Å². The fourth-order valence-electron chi connectivity index (χ4n) is 2.50. The molecule has 3 rings (SSSR count). The number of aromatic amines is 1. The number of nitrogens with one attached hydrogen (secondary N) is 1. The lowest BCUT2D eigenvalue weighted by atomic mass is 9.91. The Morgan fingerprint density at radius 1 is 1.08 bits per heavy atom. The van der Waals surface area contributed by atoms with E-state index in [0.717, 1.165) is 10.9 Å². The van der Waals surface area contributed by atoms with Crippen molar-refractivity contribution in [1.29, 1.82) is 0 Å². The highest BCUT2D eigenvalue weighted by Gasteiger charge is 2.45. The maximum Gasteiger partial charge on any atom is 0.343 e. The van der Waals surface area contributed by atoms with Crippen LogP contribution in [0.25, 0.3) is 10.9 Å². The van der Waals surface area contributed by atoms with E-state index in [1.54, 1.807) is 36.5 Å². The van der Waals surface area contributed by atoms with E-state index in [4.69, 9.17) is 10.5 Å². The van der Waals surface area contributed by atoms with Crippen molar-refractivity contribution >= 4 is 22.8 Å². The molecule has 0 amide bonds. The predicted octanol–water partition coefficient (Wildman–Crippen LogP) is 2.10. The van der Waals surface area contributed by atoms with Crippen LogP contribution in [0.3, 0.4) is 0 Å². The molecule has 0 aliphatic carbocycles. The van der Waals surface area contributed by atoms with Crippen molar-refractivity contribution in [3.8, 4) is 5.75 Å². The second kappa shape index (κ2) is 6.17. The molecule has 0 radical (unpaired) electrons. The van der Waals surface area contributed by atoms with Crippen LogP contribution in [0.5, 0.6) is 5.75 Å². The second-order valence-electron chi connectivity index (χ2n) is 5.52. The summed E-state index contributed by atoms with van der Waals surface area (Å²) in [5.74, 6) is -2.20. The number of rotatable bonds is 5. The van der Waals surface area contributed by atoms with Gasteiger partial charge in [0.25, 0.3) is 0 Å². The average Bonchev–Trinajstić information content (AvgIpc) is 2.98. The standard InChI is InChI=1S/C18H16N2O4/c19-18(16(21)22,17(23)24-13-6-2-1-3-7-13)10-12-11-20-15-9-5-4-8-14(12)15/h1-9,11,20H,10,19H2,(H,21,22)/t18-/m0/s1. The maximum absolute atomic E-state index is 12.4. The maximum atomic E-state index is 12.4. The number of nitrogens with two attached hydrogens (primary N) is 1. The molecule has 0 bridgehead atoms. The van der Waals surface area contributed by atoms with Crippen molar-refractivity contribution in [2.24, 2.45) is 5.73 Å². The van der Waals surface area contributed by atoms with Crippen LogP contribution in [0, 0.1) is 0 Å². The molecule has 1 atom stereocenters. The van der Waals surface area contributed by atoms with Crippen molar-refractivity contribution in [3.05, 3.63) is 66.4 Å². The Morgan fingerprint density at radius 2 is 1.75 bits per heavy atom. The Morgan fingerprint density at radius 3 is 2.46 bits per heavy atom. The third kappa shape index (κ3) is 2.87. The van der Waals surface area contributed by atoms with Crippen LogP contribution in [0.4, 0.5) is 0 Å². The average molecular weight is 324 g/mol. The van der Waals surface area contributed by atoms with Gasteiger partial charge in [0.1, 0.15) is 5.75 Å². The summed E-state index contributed by atoms with van der Waals surface area (Å²) < 4.78 is 5.15. The first-order valence-corrected chi connectivity index (χ1v) is 7.35. The fourth-order valence-corrected chi connectivity index (χ4v) is 2.50. The van der Waals surface area contributed by atoms with Crippen LogP contribution in [-0.2, 0) is 16.0 Å². The van der Waals surface area contributed by atoms with E-state index < -0.39 is 17.5 Å². The second-order valence-corrected chi connectivity index (χ2v) is 5.52. The van der Waals surface area contributed by atoms with E-state index >= 15 is 0 Å². The van der Waals surface area contributed by atoms with Crippen LogP contribution < -0.4 is 10.5 Å². The number of aromatic nitrogens is 1. The summed E-state index contributed by atoms with van der Waals surface area (Å²) in [5, 5.41) is 10.3. The molecule has 0 fully saturated rings. The van der Waals surface area contributed by atoms with Gasteiger partial charge in [0.2, 0.25) is 5.54 Å². The van der Waals surface area contributed by atoms with E-state index in [-0.39, 0.29) is 12.2 Å². The van der Waals surface area contributed by atoms with Gasteiger partial charge in [-0.25, -0.2) is 9.59 Å². The van der Waals surface area contributed by atoms with Crippen molar-refractivity contribution in [2.75, 3.05) is 0 Å². The van der Waals surface area contributed by atoms with E-state index in [2.05, 4.69) is 4.98 Å². The number of aliphatic carboxylic acids is 1. The largest absolute Gasteiger partial charge is 0.479 e. The zero-order chi connectivity index (χ0) is 17.2. The van der Waals surface area contributed by atoms with E-state index in [0.29, 0.717) is 5.56 Å². The van der Waals surface area contributed by atoms with Crippen LogP contribution in [-0.4, -0.2) is 27.6 Å². The van der Waals surface area contributed by atoms with Gasteiger partial charge >= 0.3 is 11.9 Å². The first-order chi connectivity index (χ1) is 11.5. The van der Waals surface area contributed by atoms with Crippen molar-refractivity contribution < 1.29 is 19.4 Å². The molecule has 4 N–H and O–H groups in total. The number of carboxylic acids is 1. The van der Waals surface area contributed by atoms with Gasteiger partial charge in [-0.05, 0) is 23.8 Å². The topological polar surface area (TPSA) is 105 Å². The summed E-state index contributed by atoms with van der Waals surface area (Å²) in [4.78, 5) is 27.1. The lowest BCUT2D eigenvalue weighted by molar-refractivity contribution is -0.155. The van der Waals surface area contributed by atoms with Gasteiger partial charge in [-0.1, -0.05) is 36.4 Å². The first-order valence-electron chi connectivity index (χ1n) is 7.35. The number of hydrogen-bond donors (Lipinski definition) is 3. The molecule has 24 heavy (non-hydrogen) atoms. The molecule has 0 aliphatic heterocycles. The minimum atomic E-state index is -2.18. The summed E-state index contributed by atoms with van der Waals surface area (Å²) in [6.07, 6.45) is 1.48. The molecule has 2 aromatic carbocycles. The Hall–Kier alpha value is -3.12. The van der Waals surface area contributed by atoms with Crippen LogP contribution >= 0.6 is 0 Å². The summed E-state index contributed by atoms with van der Waals surface area (Å²) in [5.41, 5.74) is 5.23. The number of hydrogen-bond acceptors (Lipinski definition) is 4. The lowest BCUT2D eigenvalue weighted by Gasteiger charge is -2.22. The number of fused-ring (bicyclic) bond motifs is 1. The van der Waals surface area contributed by atoms with E-state index in [9.17, 15) is 14.7 Å². The monoisotopic (exact) mass is 324 g/mol. The number of ether oxygens (including phenoxy) is 1. The SMILES string of the molecule is N[C@@](Cc1c[nH]c2ccccc12)(C(=O)O)C(=O)Oc1ccccc1. The van der Waals surface area contributed by atoms with Gasteiger partial charge in [-0.3, -0.25) is 0 Å². The van der Waals surface area contributed by atoms with Crippen molar-refractivity contribution in [3.63, 3.8) is 0 Å². The lowest BCUT2D eigenvalue weighted by Crippen LogP contribution is -2.58. The van der Waals surface area contributed by atoms with Gasteiger partial charge in [0, 0.05) is 23.5 Å². The van der Waals surface area contributed by atoms with Crippen LogP contribution in [0.1, 0.15) is 5.56 Å². The zero-order valence-electron chi connectivity index (χ0n) is 12.7. The fraction of sp³-hybridized carbons (Fsp3) is 0.111. The highest BCUT2D eigenvalue weighted by Crippen LogP contribution is 2.23. The first kappa shape index (κ1) is 15.8. The van der Waals surface area contributed by atoms with Crippen LogP contribution in [0.15, 0.2) is 60.8 Å². The number of carbonyl (C=O) groups excluding carboxylic acids is 1. The summed E-state index contributed by atoms with van der Waals surface area (Å²) >= 11 is 0. The zero-order valence-corrected chi connectivity index (χ0v) is 12.7. The van der Waals surface area contributed by atoms with Crippen molar-refractivity contribution in [2.45, 2.75) is 12.0 Å². The molecule has 6 heteroatoms. The van der Waals surface area contributed by atoms with E-state index in [1.165, 1.54) is 0 Å². The molecule has 6 nitrogen and oxygen atoms in total. The third-order valence-electron chi connectivity index (χ3n) is 3.84. The normalized spacial score (nSPS) is 13.4.